The molecule has 0 atom stereocenters. The van der Waals surface area contributed by atoms with Gasteiger partial charge in [0.15, 0.2) is 0 Å². The van der Waals surface area contributed by atoms with Gasteiger partial charge in [-0.05, 0) is 25.7 Å². The molecular weight excluding hydrogens is 169 g/mol. The standard InChI is InChI=1S/C12H28N.BH4/c1-5-9-13(10-6-2,11-7-3)12-8-4;/h5-12H2,1-4H3;1H4/q+1;-1. The zero-order chi connectivity index (χ0) is 10.2. The van der Waals surface area contributed by atoms with Crippen molar-refractivity contribution in [3.05, 3.63) is 0 Å². The van der Waals surface area contributed by atoms with E-state index < -0.39 is 0 Å². The fourth-order valence-electron chi connectivity index (χ4n) is 2.57. The van der Waals surface area contributed by atoms with E-state index in [2.05, 4.69) is 27.7 Å². The first kappa shape index (κ1) is 16.5. The van der Waals surface area contributed by atoms with Gasteiger partial charge in [-0.3, -0.25) is 0 Å². The highest BCUT2D eigenvalue weighted by atomic mass is 15.3. The van der Waals surface area contributed by atoms with E-state index in [0.29, 0.717) is 0 Å². The van der Waals surface area contributed by atoms with Gasteiger partial charge in [-0.1, -0.05) is 36.1 Å². The Balaban J connectivity index is 0. The molecule has 0 N–H and O–H groups in total. The van der Waals surface area contributed by atoms with Crippen molar-refractivity contribution in [1.29, 1.82) is 0 Å². The summed E-state index contributed by atoms with van der Waals surface area (Å²) in [6.07, 6.45) is 5.33. The Hall–Kier alpha value is 0.0249. The molecule has 88 valence electrons. The van der Waals surface area contributed by atoms with Crippen LogP contribution in [0.1, 0.15) is 53.4 Å². The summed E-state index contributed by atoms with van der Waals surface area (Å²) in [4.78, 5) is 0. The second-order valence-corrected chi connectivity index (χ2v) is 4.24. The molecule has 2 heteroatoms. The molecule has 0 bridgehead atoms. The molecule has 0 saturated heterocycles. The maximum absolute atomic E-state index is 2.31. The first-order valence-electron chi connectivity index (χ1n) is 6.09. The van der Waals surface area contributed by atoms with Gasteiger partial charge in [0.25, 0.3) is 0 Å². The number of nitrogens with zero attached hydrogens (tertiary/aromatic N) is 1. The van der Waals surface area contributed by atoms with E-state index in [9.17, 15) is 0 Å². The normalized spacial score (nSPS) is 11.1. The van der Waals surface area contributed by atoms with Crippen LogP contribution in [0.3, 0.4) is 0 Å². The first-order chi connectivity index (χ1) is 6.24. The largest absolute Gasteiger partial charge is 0.324 e. The molecule has 0 rings (SSSR count). The molecule has 0 radical (unpaired) electrons. The molecule has 0 aromatic heterocycles. The van der Waals surface area contributed by atoms with Crippen LogP contribution >= 0.6 is 0 Å². The third kappa shape index (κ3) is 5.69. The Kier molecular flexibility index (Phi) is 11.3. The minimum atomic E-state index is 0. The lowest BCUT2D eigenvalue weighted by Gasteiger charge is -2.38. The SMILES string of the molecule is CCC[N+](CCC)(CCC)CCC.[BH4-]. The minimum Gasteiger partial charge on any atom is -0.324 e. The number of hydrogen-bond acceptors (Lipinski definition) is 0. The van der Waals surface area contributed by atoms with Gasteiger partial charge in [-0.25, -0.2) is 0 Å². The zero-order valence-corrected chi connectivity index (χ0v) is 10.1. The van der Waals surface area contributed by atoms with Crippen molar-refractivity contribution in [3.63, 3.8) is 0 Å². The topological polar surface area (TPSA) is 0 Å². The lowest BCUT2D eigenvalue weighted by molar-refractivity contribution is -0.928. The van der Waals surface area contributed by atoms with Gasteiger partial charge in [0.1, 0.15) is 0 Å². The van der Waals surface area contributed by atoms with Crippen molar-refractivity contribution >= 4 is 8.41 Å². The smallest absolute Gasteiger partial charge is 0.0783 e. The van der Waals surface area contributed by atoms with Crippen molar-refractivity contribution in [1.82, 2.24) is 0 Å². The fourth-order valence-corrected chi connectivity index (χ4v) is 2.57. The molecule has 1 nitrogen and oxygen atoms in total. The summed E-state index contributed by atoms with van der Waals surface area (Å²) in [7, 11) is 0. The number of rotatable bonds is 8. The Labute approximate surface area is 93.0 Å². The van der Waals surface area contributed by atoms with Gasteiger partial charge in [0.05, 0.1) is 26.2 Å². The van der Waals surface area contributed by atoms with Crippen LogP contribution in [0.25, 0.3) is 0 Å². The molecule has 0 unspecified atom stereocenters. The predicted molar refractivity (Wildman–Crippen MR) is 72.2 cm³/mol. The van der Waals surface area contributed by atoms with Crippen LogP contribution in [0.4, 0.5) is 0 Å². The van der Waals surface area contributed by atoms with Crippen LogP contribution < -0.4 is 0 Å². The van der Waals surface area contributed by atoms with Crippen molar-refractivity contribution in [2.24, 2.45) is 0 Å². The van der Waals surface area contributed by atoms with Crippen LogP contribution in [0, 0.1) is 0 Å². The van der Waals surface area contributed by atoms with E-state index in [-0.39, 0.29) is 8.41 Å². The number of quaternary nitrogens is 1. The van der Waals surface area contributed by atoms with Gasteiger partial charge in [0.2, 0.25) is 0 Å². The van der Waals surface area contributed by atoms with Crippen molar-refractivity contribution in [2.45, 2.75) is 53.4 Å². The van der Waals surface area contributed by atoms with E-state index in [1.54, 1.807) is 0 Å². The first-order valence-corrected chi connectivity index (χ1v) is 6.09. The Morgan fingerprint density at radius 2 is 0.786 bits per heavy atom. The molecule has 14 heavy (non-hydrogen) atoms. The monoisotopic (exact) mass is 201 g/mol. The Bertz CT molecular complexity index is 85.4. The van der Waals surface area contributed by atoms with Crippen LogP contribution in [0.15, 0.2) is 0 Å². The van der Waals surface area contributed by atoms with Crippen LogP contribution in [-0.4, -0.2) is 39.1 Å². The van der Waals surface area contributed by atoms with E-state index in [1.807, 2.05) is 0 Å². The van der Waals surface area contributed by atoms with Crippen LogP contribution in [0.2, 0.25) is 0 Å². The van der Waals surface area contributed by atoms with Gasteiger partial charge in [-0.15, -0.1) is 0 Å². The van der Waals surface area contributed by atoms with E-state index in [4.69, 9.17) is 0 Å². The van der Waals surface area contributed by atoms with Gasteiger partial charge >= 0.3 is 0 Å². The average molecular weight is 201 g/mol. The molecule has 0 saturated carbocycles. The highest BCUT2D eigenvalue weighted by Gasteiger charge is 2.22. The van der Waals surface area contributed by atoms with Gasteiger partial charge < -0.3 is 4.48 Å². The van der Waals surface area contributed by atoms with Gasteiger partial charge in [0, 0.05) is 0 Å². The summed E-state index contributed by atoms with van der Waals surface area (Å²) in [5, 5.41) is 0. The molecule has 0 aliphatic rings. The van der Waals surface area contributed by atoms with Crippen molar-refractivity contribution in [3.8, 4) is 0 Å². The van der Waals surface area contributed by atoms with Gasteiger partial charge in [-0.2, -0.15) is 0 Å². The Morgan fingerprint density at radius 1 is 0.571 bits per heavy atom. The van der Waals surface area contributed by atoms with Crippen LogP contribution in [0.5, 0.6) is 0 Å². The lowest BCUT2D eigenvalue weighted by atomic mass is 10.2. The molecule has 0 aliphatic carbocycles. The molecule has 0 aromatic carbocycles. The van der Waals surface area contributed by atoms with Crippen molar-refractivity contribution < 1.29 is 4.48 Å². The molecule has 0 spiro atoms. The quantitative estimate of drug-likeness (QED) is 0.416. The van der Waals surface area contributed by atoms with Crippen molar-refractivity contribution in [2.75, 3.05) is 26.2 Å². The highest BCUT2D eigenvalue weighted by Crippen LogP contribution is 2.12. The summed E-state index contributed by atoms with van der Waals surface area (Å²) in [5.41, 5.74) is 0. The second kappa shape index (κ2) is 9.58. The maximum atomic E-state index is 2.31. The summed E-state index contributed by atoms with van der Waals surface area (Å²) in [6, 6.07) is 0. The fraction of sp³-hybridized carbons (Fsp3) is 1.00. The van der Waals surface area contributed by atoms with E-state index in [0.717, 1.165) is 0 Å². The number of hydrogen-bond donors (Lipinski definition) is 0. The lowest BCUT2D eigenvalue weighted by Crippen LogP contribution is -2.50. The Morgan fingerprint density at radius 3 is 0.929 bits per heavy atom. The summed E-state index contributed by atoms with van der Waals surface area (Å²) >= 11 is 0. The van der Waals surface area contributed by atoms with Crippen LogP contribution in [-0.2, 0) is 0 Å². The third-order valence-electron chi connectivity index (χ3n) is 2.79. The summed E-state index contributed by atoms with van der Waals surface area (Å²) < 4.78 is 1.38. The molecule has 0 heterocycles. The second-order valence-electron chi connectivity index (χ2n) is 4.24. The van der Waals surface area contributed by atoms with E-state index >= 15 is 0 Å². The van der Waals surface area contributed by atoms with E-state index in [1.165, 1.54) is 56.3 Å². The molecular formula is C12H32BN. The summed E-state index contributed by atoms with van der Waals surface area (Å²) in [6.45, 7) is 14.8. The average Bonchev–Trinajstić information content (AvgIpc) is 2.06. The molecule has 0 amide bonds. The molecule has 0 aliphatic heterocycles. The predicted octanol–water partition coefficient (Wildman–Crippen LogP) is 1.99. The maximum Gasteiger partial charge on any atom is 0.0783 e. The minimum absolute atomic E-state index is 0. The molecule has 0 fully saturated rings. The molecule has 0 aromatic rings. The highest BCUT2D eigenvalue weighted by molar-refractivity contribution is 5.75. The zero-order valence-electron chi connectivity index (χ0n) is 10.1. The third-order valence-corrected chi connectivity index (χ3v) is 2.79. The summed E-state index contributed by atoms with van der Waals surface area (Å²) in [5.74, 6) is 0.